The van der Waals surface area contributed by atoms with E-state index in [9.17, 15) is 4.79 Å². The van der Waals surface area contributed by atoms with Crippen molar-refractivity contribution in [2.75, 3.05) is 6.61 Å². The van der Waals surface area contributed by atoms with Gasteiger partial charge in [0.05, 0.1) is 6.61 Å². The van der Waals surface area contributed by atoms with Gasteiger partial charge in [0, 0.05) is 6.08 Å². The standard InChI is InChI=1S/C27H36O2/c1-7-29-25(28)17-19(2)11-12-20-9-8-10-22(20)21-13-14-23-24(18-21)27(5,6)16-15-26(23,3)4/h11-14,17-18H,7-10,15-16H2,1-6H3. The average Bonchev–Trinajstić information content (AvgIpc) is 3.12. The Labute approximate surface area is 176 Å². The molecular formula is C27H36O2. The quantitative estimate of drug-likeness (QED) is 0.305. The van der Waals surface area contributed by atoms with Gasteiger partial charge in [0.1, 0.15) is 0 Å². The monoisotopic (exact) mass is 392 g/mol. The normalized spacial score (nSPS) is 20.8. The minimum atomic E-state index is -0.269. The maximum absolute atomic E-state index is 11.6. The molecule has 0 aliphatic heterocycles. The first kappa shape index (κ1) is 21.6. The molecule has 0 fully saturated rings. The van der Waals surface area contributed by atoms with E-state index < -0.39 is 0 Å². The molecule has 0 N–H and O–H groups in total. The van der Waals surface area contributed by atoms with E-state index in [2.05, 4.69) is 52.0 Å². The summed E-state index contributed by atoms with van der Waals surface area (Å²) in [6, 6.07) is 7.17. The molecule has 2 heteroatoms. The van der Waals surface area contributed by atoms with Gasteiger partial charge in [-0.3, -0.25) is 0 Å². The summed E-state index contributed by atoms with van der Waals surface area (Å²) in [6.45, 7) is 13.7. The van der Waals surface area contributed by atoms with Crippen molar-refractivity contribution in [2.24, 2.45) is 0 Å². The number of carbonyl (C=O) groups excluding carboxylic acids is 1. The molecule has 2 nitrogen and oxygen atoms in total. The van der Waals surface area contributed by atoms with E-state index >= 15 is 0 Å². The van der Waals surface area contributed by atoms with E-state index in [1.165, 1.54) is 47.1 Å². The Bertz CT molecular complexity index is 878. The second kappa shape index (κ2) is 8.34. The fraction of sp³-hybridized carbons (Fsp3) is 0.519. The van der Waals surface area contributed by atoms with Gasteiger partial charge in [0.25, 0.3) is 0 Å². The Hall–Kier alpha value is -2.09. The fourth-order valence-electron chi connectivity index (χ4n) is 4.71. The first-order valence-corrected chi connectivity index (χ1v) is 11.0. The number of hydrogen-bond donors (Lipinski definition) is 0. The summed E-state index contributed by atoms with van der Waals surface area (Å²) in [5.41, 5.74) is 8.68. The molecule has 29 heavy (non-hydrogen) atoms. The number of benzene rings is 1. The third-order valence-electron chi connectivity index (χ3n) is 6.64. The Morgan fingerprint density at radius 2 is 1.76 bits per heavy atom. The van der Waals surface area contributed by atoms with Crippen LogP contribution in [0.5, 0.6) is 0 Å². The van der Waals surface area contributed by atoms with Crippen LogP contribution in [0.4, 0.5) is 0 Å². The van der Waals surface area contributed by atoms with Gasteiger partial charge < -0.3 is 4.74 Å². The Balaban J connectivity index is 1.93. The lowest BCUT2D eigenvalue weighted by Crippen LogP contribution is -2.33. The molecule has 0 saturated carbocycles. The molecule has 2 aliphatic rings. The SMILES string of the molecule is CCOC(=O)C=C(C)C=CC1=C(c2ccc3c(c2)C(C)(C)CCC3(C)C)CCC1. The van der Waals surface area contributed by atoms with Crippen LogP contribution in [-0.4, -0.2) is 12.6 Å². The Morgan fingerprint density at radius 3 is 2.45 bits per heavy atom. The largest absolute Gasteiger partial charge is 0.463 e. The summed E-state index contributed by atoms with van der Waals surface area (Å²) in [4.78, 5) is 11.6. The van der Waals surface area contributed by atoms with E-state index in [-0.39, 0.29) is 16.8 Å². The second-order valence-corrected chi connectivity index (χ2v) is 9.86. The van der Waals surface area contributed by atoms with Crippen molar-refractivity contribution in [1.82, 2.24) is 0 Å². The topological polar surface area (TPSA) is 26.3 Å². The van der Waals surface area contributed by atoms with Crippen LogP contribution in [0.25, 0.3) is 5.57 Å². The highest BCUT2D eigenvalue weighted by atomic mass is 16.5. The molecule has 0 aromatic heterocycles. The molecule has 0 spiro atoms. The number of carbonyl (C=O) groups is 1. The number of rotatable bonds is 5. The molecule has 1 aromatic rings. The molecule has 0 bridgehead atoms. The van der Waals surface area contributed by atoms with Gasteiger partial charge in [0.2, 0.25) is 0 Å². The molecule has 0 atom stereocenters. The number of fused-ring (bicyclic) bond motifs is 1. The van der Waals surface area contributed by atoms with Gasteiger partial charge in [-0.1, -0.05) is 58.0 Å². The summed E-state index contributed by atoms with van der Waals surface area (Å²) in [6.07, 6.45) is 11.7. The average molecular weight is 393 g/mol. The number of ether oxygens (including phenoxy) is 1. The molecule has 0 heterocycles. The van der Waals surface area contributed by atoms with E-state index in [0.717, 1.165) is 18.4 Å². The summed E-state index contributed by atoms with van der Waals surface area (Å²) in [5, 5.41) is 0. The smallest absolute Gasteiger partial charge is 0.330 e. The molecular weight excluding hydrogens is 356 g/mol. The molecule has 2 aliphatic carbocycles. The molecule has 0 radical (unpaired) electrons. The van der Waals surface area contributed by atoms with E-state index in [1.54, 1.807) is 6.08 Å². The van der Waals surface area contributed by atoms with Crippen LogP contribution in [0.2, 0.25) is 0 Å². The van der Waals surface area contributed by atoms with Crippen molar-refractivity contribution in [3.8, 4) is 0 Å². The molecule has 1 aromatic carbocycles. The maximum atomic E-state index is 11.6. The van der Waals surface area contributed by atoms with Crippen molar-refractivity contribution in [3.05, 3.63) is 64.3 Å². The van der Waals surface area contributed by atoms with E-state index in [1.807, 2.05) is 19.9 Å². The fourth-order valence-corrected chi connectivity index (χ4v) is 4.71. The lowest BCUT2D eigenvalue weighted by atomic mass is 9.63. The molecule has 0 saturated heterocycles. The third kappa shape index (κ3) is 4.74. The van der Waals surface area contributed by atoms with Gasteiger partial charge in [-0.15, -0.1) is 0 Å². The maximum Gasteiger partial charge on any atom is 0.330 e. The number of esters is 1. The minimum absolute atomic E-state index is 0.231. The minimum Gasteiger partial charge on any atom is -0.463 e. The highest BCUT2D eigenvalue weighted by Gasteiger charge is 2.37. The second-order valence-electron chi connectivity index (χ2n) is 9.86. The summed E-state index contributed by atoms with van der Waals surface area (Å²) < 4.78 is 5.00. The first-order valence-electron chi connectivity index (χ1n) is 11.0. The van der Waals surface area contributed by atoms with Gasteiger partial charge >= 0.3 is 5.97 Å². The van der Waals surface area contributed by atoms with Crippen molar-refractivity contribution in [2.45, 2.75) is 84.5 Å². The number of allylic oxidation sites excluding steroid dienone is 5. The molecule has 156 valence electrons. The van der Waals surface area contributed by atoms with Gasteiger partial charge in [-0.25, -0.2) is 4.79 Å². The van der Waals surface area contributed by atoms with Gasteiger partial charge in [0.15, 0.2) is 0 Å². The van der Waals surface area contributed by atoms with Crippen LogP contribution in [-0.2, 0) is 20.4 Å². The summed E-state index contributed by atoms with van der Waals surface area (Å²) in [7, 11) is 0. The van der Waals surface area contributed by atoms with E-state index in [0.29, 0.717) is 6.61 Å². The molecule has 0 amide bonds. The van der Waals surface area contributed by atoms with Crippen LogP contribution >= 0.6 is 0 Å². The zero-order valence-electron chi connectivity index (χ0n) is 19.0. The van der Waals surface area contributed by atoms with Crippen LogP contribution in [0.15, 0.2) is 47.6 Å². The predicted octanol–water partition coefficient (Wildman–Crippen LogP) is 7.04. The zero-order chi connectivity index (χ0) is 21.2. The van der Waals surface area contributed by atoms with Crippen LogP contribution < -0.4 is 0 Å². The van der Waals surface area contributed by atoms with Gasteiger partial charge in [-0.2, -0.15) is 0 Å². The van der Waals surface area contributed by atoms with Crippen molar-refractivity contribution in [1.29, 1.82) is 0 Å². The Kier molecular flexibility index (Phi) is 6.22. The first-order chi connectivity index (χ1) is 13.6. The van der Waals surface area contributed by atoms with Crippen molar-refractivity contribution >= 4 is 11.5 Å². The van der Waals surface area contributed by atoms with Crippen LogP contribution in [0.3, 0.4) is 0 Å². The predicted molar refractivity (Wildman–Crippen MR) is 122 cm³/mol. The van der Waals surface area contributed by atoms with Crippen LogP contribution in [0, 0.1) is 0 Å². The number of hydrogen-bond acceptors (Lipinski definition) is 2. The highest BCUT2D eigenvalue weighted by Crippen LogP contribution is 2.47. The molecule has 0 unspecified atom stereocenters. The zero-order valence-corrected chi connectivity index (χ0v) is 19.0. The van der Waals surface area contributed by atoms with Gasteiger partial charge in [-0.05, 0) is 90.2 Å². The summed E-state index contributed by atoms with van der Waals surface area (Å²) in [5.74, 6) is -0.269. The lowest BCUT2D eigenvalue weighted by molar-refractivity contribution is -0.137. The molecule has 3 rings (SSSR count). The lowest BCUT2D eigenvalue weighted by Gasteiger charge is -2.42. The summed E-state index contributed by atoms with van der Waals surface area (Å²) >= 11 is 0. The highest BCUT2D eigenvalue weighted by molar-refractivity contribution is 5.83. The van der Waals surface area contributed by atoms with Crippen molar-refractivity contribution in [3.63, 3.8) is 0 Å². The van der Waals surface area contributed by atoms with Crippen LogP contribution in [0.1, 0.15) is 90.3 Å². The van der Waals surface area contributed by atoms with E-state index in [4.69, 9.17) is 4.74 Å². The van der Waals surface area contributed by atoms with Crippen molar-refractivity contribution < 1.29 is 9.53 Å². The Morgan fingerprint density at radius 1 is 1.07 bits per heavy atom. The third-order valence-corrected chi connectivity index (χ3v) is 6.64.